The number of aromatic nitrogens is 1. The van der Waals surface area contributed by atoms with E-state index in [0.717, 1.165) is 13.1 Å². The van der Waals surface area contributed by atoms with Crippen molar-refractivity contribution >= 4 is 11.6 Å². The van der Waals surface area contributed by atoms with Crippen LogP contribution >= 0.6 is 0 Å². The van der Waals surface area contributed by atoms with Crippen molar-refractivity contribution in [3.63, 3.8) is 0 Å². The summed E-state index contributed by atoms with van der Waals surface area (Å²) in [6.07, 6.45) is 3.14. The summed E-state index contributed by atoms with van der Waals surface area (Å²) in [5.41, 5.74) is 6.82. The van der Waals surface area contributed by atoms with E-state index in [4.69, 9.17) is 5.73 Å². The Hall–Kier alpha value is -1.62. The Labute approximate surface area is 115 Å². The number of likely N-dealkylation sites (N-methyl/N-ethyl adjacent to an activating group) is 1. The summed E-state index contributed by atoms with van der Waals surface area (Å²) in [5.74, 6) is 0.380. The van der Waals surface area contributed by atoms with Crippen LogP contribution in [-0.2, 0) is 0 Å². The fourth-order valence-electron chi connectivity index (χ4n) is 1.79. The van der Waals surface area contributed by atoms with Crippen LogP contribution in [0.3, 0.4) is 0 Å². The van der Waals surface area contributed by atoms with Gasteiger partial charge in [0.25, 0.3) is 5.91 Å². The molecule has 0 aromatic carbocycles. The molecule has 0 bridgehead atoms. The lowest BCUT2D eigenvalue weighted by Crippen LogP contribution is -2.39. The molecular formula is C14H24N4O. The lowest BCUT2D eigenvalue weighted by Gasteiger charge is -2.26. The Morgan fingerprint density at radius 1 is 1.37 bits per heavy atom. The normalized spacial score (nSPS) is 11.1. The largest absolute Gasteiger partial charge is 0.398 e. The van der Waals surface area contributed by atoms with E-state index >= 15 is 0 Å². The molecule has 1 aromatic rings. The molecule has 5 nitrogen and oxygen atoms in total. The molecule has 5 heteroatoms. The van der Waals surface area contributed by atoms with Crippen molar-refractivity contribution in [2.75, 3.05) is 39.5 Å². The van der Waals surface area contributed by atoms with Crippen molar-refractivity contribution in [3.8, 4) is 0 Å². The van der Waals surface area contributed by atoms with Gasteiger partial charge in [-0.1, -0.05) is 13.8 Å². The average Bonchev–Trinajstić information content (AvgIpc) is 2.33. The van der Waals surface area contributed by atoms with Crippen LogP contribution in [0.25, 0.3) is 0 Å². The Morgan fingerprint density at radius 2 is 2.05 bits per heavy atom. The number of rotatable bonds is 6. The highest BCUT2D eigenvalue weighted by atomic mass is 16.2. The van der Waals surface area contributed by atoms with Gasteiger partial charge in [0.1, 0.15) is 0 Å². The van der Waals surface area contributed by atoms with Crippen molar-refractivity contribution < 1.29 is 4.79 Å². The van der Waals surface area contributed by atoms with Crippen molar-refractivity contribution in [1.82, 2.24) is 14.8 Å². The third kappa shape index (κ3) is 4.87. The molecule has 0 aliphatic heterocycles. The van der Waals surface area contributed by atoms with Gasteiger partial charge in [0.2, 0.25) is 0 Å². The molecule has 0 aliphatic carbocycles. The van der Waals surface area contributed by atoms with Crippen LogP contribution in [0.5, 0.6) is 0 Å². The summed E-state index contributed by atoms with van der Waals surface area (Å²) < 4.78 is 0. The summed E-state index contributed by atoms with van der Waals surface area (Å²) in [5, 5.41) is 0. The van der Waals surface area contributed by atoms with Gasteiger partial charge in [0.15, 0.2) is 0 Å². The third-order valence-corrected chi connectivity index (χ3v) is 2.78. The summed E-state index contributed by atoms with van der Waals surface area (Å²) in [7, 11) is 3.99. The van der Waals surface area contributed by atoms with Gasteiger partial charge >= 0.3 is 0 Å². The molecular weight excluding hydrogens is 240 g/mol. The Kier molecular flexibility index (Phi) is 5.76. The maximum atomic E-state index is 12.5. The van der Waals surface area contributed by atoms with E-state index in [1.54, 1.807) is 18.5 Å². The Bertz CT molecular complexity index is 418. The number of carbonyl (C=O) groups excluding carboxylic acids is 1. The van der Waals surface area contributed by atoms with E-state index in [1.165, 1.54) is 0 Å². The van der Waals surface area contributed by atoms with Crippen LogP contribution in [0.2, 0.25) is 0 Å². The van der Waals surface area contributed by atoms with Crippen molar-refractivity contribution in [1.29, 1.82) is 0 Å². The predicted molar refractivity (Wildman–Crippen MR) is 77.9 cm³/mol. The van der Waals surface area contributed by atoms with Gasteiger partial charge in [-0.05, 0) is 26.1 Å². The fourth-order valence-corrected chi connectivity index (χ4v) is 1.79. The van der Waals surface area contributed by atoms with E-state index in [0.29, 0.717) is 23.7 Å². The van der Waals surface area contributed by atoms with Crippen LogP contribution in [0.1, 0.15) is 24.2 Å². The fraction of sp³-hybridized carbons (Fsp3) is 0.571. The summed E-state index contributed by atoms with van der Waals surface area (Å²) in [6, 6.07) is 1.66. The van der Waals surface area contributed by atoms with Crippen molar-refractivity contribution in [2.24, 2.45) is 5.92 Å². The van der Waals surface area contributed by atoms with Gasteiger partial charge < -0.3 is 15.5 Å². The minimum absolute atomic E-state index is 0.0406. The molecule has 0 aliphatic rings. The van der Waals surface area contributed by atoms with E-state index in [9.17, 15) is 4.79 Å². The van der Waals surface area contributed by atoms with Gasteiger partial charge in [0.05, 0.1) is 5.56 Å². The molecule has 1 heterocycles. The highest BCUT2D eigenvalue weighted by Crippen LogP contribution is 2.13. The summed E-state index contributed by atoms with van der Waals surface area (Å²) in [4.78, 5) is 20.4. The molecule has 106 valence electrons. The number of hydrogen-bond acceptors (Lipinski definition) is 4. The second kappa shape index (κ2) is 7.09. The highest BCUT2D eigenvalue weighted by molar-refractivity contribution is 5.98. The molecule has 19 heavy (non-hydrogen) atoms. The molecule has 0 radical (unpaired) electrons. The predicted octanol–water partition coefficient (Wildman–Crippen LogP) is 1.32. The van der Waals surface area contributed by atoms with E-state index in [-0.39, 0.29) is 5.91 Å². The maximum Gasteiger partial charge on any atom is 0.257 e. The minimum atomic E-state index is -0.0406. The molecule has 2 N–H and O–H groups in total. The number of anilines is 1. The van der Waals surface area contributed by atoms with E-state index in [1.807, 2.05) is 19.0 Å². The molecule has 0 spiro atoms. The van der Waals surface area contributed by atoms with E-state index in [2.05, 4.69) is 23.7 Å². The van der Waals surface area contributed by atoms with Gasteiger partial charge in [-0.15, -0.1) is 0 Å². The summed E-state index contributed by atoms with van der Waals surface area (Å²) in [6.45, 7) is 6.45. The second-order valence-corrected chi connectivity index (χ2v) is 5.41. The number of nitrogen functional groups attached to an aromatic ring is 1. The van der Waals surface area contributed by atoms with Gasteiger partial charge in [0, 0.05) is 37.7 Å². The number of nitrogens with two attached hydrogens (primary N) is 1. The van der Waals surface area contributed by atoms with Gasteiger partial charge in [-0.3, -0.25) is 9.78 Å². The quantitative estimate of drug-likeness (QED) is 0.842. The smallest absolute Gasteiger partial charge is 0.257 e. The molecule has 0 saturated carbocycles. The third-order valence-electron chi connectivity index (χ3n) is 2.78. The Morgan fingerprint density at radius 3 is 2.58 bits per heavy atom. The number of nitrogens with zero attached hydrogens (tertiary/aromatic N) is 3. The van der Waals surface area contributed by atoms with Crippen molar-refractivity contribution in [3.05, 3.63) is 24.0 Å². The first-order valence-corrected chi connectivity index (χ1v) is 6.55. The van der Waals surface area contributed by atoms with Crippen LogP contribution in [0.15, 0.2) is 18.5 Å². The SMILES string of the molecule is CC(C)CN(CCN(C)C)C(=O)c1cnccc1N. The zero-order valence-corrected chi connectivity index (χ0v) is 12.3. The molecule has 1 aromatic heterocycles. The minimum Gasteiger partial charge on any atom is -0.398 e. The number of carbonyl (C=O) groups is 1. The molecule has 0 saturated heterocycles. The molecule has 0 fully saturated rings. The number of hydrogen-bond donors (Lipinski definition) is 1. The zero-order valence-electron chi connectivity index (χ0n) is 12.3. The van der Waals surface area contributed by atoms with Crippen LogP contribution < -0.4 is 5.73 Å². The lowest BCUT2D eigenvalue weighted by atomic mass is 10.1. The van der Waals surface area contributed by atoms with Gasteiger partial charge in [-0.25, -0.2) is 0 Å². The molecule has 1 amide bonds. The molecule has 1 rings (SSSR count). The number of amides is 1. The van der Waals surface area contributed by atoms with Crippen LogP contribution in [0, 0.1) is 5.92 Å². The summed E-state index contributed by atoms with van der Waals surface area (Å²) >= 11 is 0. The van der Waals surface area contributed by atoms with Crippen LogP contribution in [0.4, 0.5) is 5.69 Å². The Balaban J connectivity index is 2.84. The molecule has 0 atom stereocenters. The van der Waals surface area contributed by atoms with Gasteiger partial charge in [-0.2, -0.15) is 0 Å². The maximum absolute atomic E-state index is 12.5. The first-order valence-electron chi connectivity index (χ1n) is 6.55. The number of pyridine rings is 1. The highest BCUT2D eigenvalue weighted by Gasteiger charge is 2.19. The average molecular weight is 264 g/mol. The first kappa shape index (κ1) is 15.4. The van der Waals surface area contributed by atoms with Crippen LogP contribution in [-0.4, -0.2) is 54.4 Å². The monoisotopic (exact) mass is 264 g/mol. The van der Waals surface area contributed by atoms with E-state index < -0.39 is 0 Å². The lowest BCUT2D eigenvalue weighted by molar-refractivity contribution is 0.0725. The first-order chi connectivity index (χ1) is 8.91. The second-order valence-electron chi connectivity index (χ2n) is 5.41. The zero-order chi connectivity index (χ0) is 14.4. The topological polar surface area (TPSA) is 62.5 Å². The van der Waals surface area contributed by atoms with Crippen molar-refractivity contribution in [2.45, 2.75) is 13.8 Å². The standard InChI is InChI=1S/C14H24N4O/c1-11(2)10-18(8-7-17(3)4)14(19)12-9-16-6-5-13(12)15/h5-6,9,11H,7-8,10H2,1-4H3,(H2,15,16). The molecule has 0 unspecified atom stereocenters.